The second-order valence-corrected chi connectivity index (χ2v) is 6.00. The number of nitrogens with zero attached hydrogens (tertiary/aromatic N) is 1. The highest BCUT2D eigenvalue weighted by molar-refractivity contribution is 6.17. The van der Waals surface area contributed by atoms with Crippen LogP contribution >= 0.6 is 0 Å². The second kappa shape index (κ2) is 5.91. The van der Waals surface area contributed by atoms with E-state index in [1.54, 1.807) is 18.2 Å². The fourth-order valence-corrected chi connectivity index (χ4v) is 3.43. The van der Waals surface area contributed by atoms with Gasteiger partial charge in [-0.15, -0.1) is 0 Å². The number of rotatable bonds is 3. The number of fused-ring (bicyclic) bond motifs is 3. The molecule has 0 atom stereocenters. The standard InChI is InChI=1S/C21H15NO3/c23-21(24)19-8-4-3-7-18(19)20(22-25)14-9-10-17-15(12-14)11-13-5-1-2-6-16(13)17/h1-10,12,25H,11H2,(H,23,24)/p-1. The zero-order valence-electron chi connectivity index (χ0n) is 13.3. The smallest absolute Gasteiger partial charge is 0.336 e. The van der Waals surface area contributed by atoms with E-state index in [4.69, 9.17) is 0 Å². The Labute approximate surface area is 144 Å². The molecular weight excluding hydrogens is 314 g/mol. The molecule has 0 fully saturated rings. The Morgan fingerprint density at radius 2 is 1.56 bits per heavy atom. The quantitative estimate of drug-likeness (QED) is 0.450. The summed E-state index contributed by atoms with van der Waals surface area (Å²) in [6, 6.07) is 20.4. The van der Waals surface area contributed by atoms with Gasteiger partial charge in [0.2, 0.25) is 0 Å². The topological polar surface area (TPSA) is 72.7 Å². The number of hydrogen-bond acceptors (Lipinski definition) is 3. The highest BCUT2D eigenvalue weighted by Crippen LogP contribution is 2.37. The summed E-state index contributed by atoms with van der Waals surface area (Å²) in [5, 5.41) is 24.0. The average molecular weight is 328 g/mol. The van der Waals surface area contributed by atoms with E-state index in [2.05, 4.69) is 17.3 Å². The molecule has 0 radical (unpaired) electrons. The molecule has 122 valence electrons. The third-order valence-corrected chi connectivity index (χ3v) is 4.57. The van der Waals surface area contributed by atoms with Crippen LogP contribution in [0.3, 0.4) is 0 Å². The molecule has 0 aromatic heterocycles. The molecule has 25 heavy (non-hydrogen) atoms. The molecule has 0 heterocycles. The van der Waals surface area contributed by atoms with Crippen molar-refractivity contribution < 1.29 is 9.90 Å². The van der Waals surface area contributed by atoms with Crippen molar-refractivity contribution in [3.05, 3.63) is 99.8 Å². The lowest BCUT2D eigenvalue weighted by Crippen LogP contribution is -2.10. The predicted molar refractivity (Wildman–Crippen MR) is 97.1 cm³/mol. The summed E-state index contributed by atoms with van der Waals surface area (Å²) in [5.74, 6) is -1.08. The summed E-state index contributed by atoms with van der Waals surface area (Å²) in [6.07, 6.45) is 0.798. The SMILES string of the molecule is O=C(O)c1ccccc1C(=N[O-])c1ccc2c(c1)Cc1ccccc1-2. The van der Waals surface area contributed by atoms with Gasteiger partial charge >= 0.3 is 5.97 Å². The molecule has 0 saturated heterocycles. The van der Waals surface area contributed by atoms with Crippen LogP contribution in [0.1, 0.15) is 32.6 Å². The van der Waals surface area contributed by atoms with Crippen molar-refractivity contribution in [3.8, 4) is 11.1 Å². The molecule has 3 aromatic carbocycles. The van der Waals surface area contributed by atoms with E-state index in [0.29, 0.717) is 11.1 Å². The van der Waals surface area contributed by atoms with Crippen molar-refractivity contribution in [2.24, 2.45) is 5.16 Å². The lowest BCUT2D eigenvalue weighted by molar-refractivity contribution is 0.0696. The van der Waals surface area contributed by atoms with Crippen LogP contribution < -0.4 is 0 Å². The van der Waals surface area contributed by atoms with Gasteiger partial charge in [0.1, 0.15) is 0 Å². The van der Waals surface area contributed by atoms with E-state index >= 15 is 0 Å². The van der Waals surface area contributed by atoms with Gasteiger partial charge < -0.3 is 15.5 Å². The first-order valence-corrected chi connectivity index (χ1v) is 7.93. The molecule has 0 saturated carbocycles. The van der Waals surface area contributed by atoms with E-state index < -0.39 is 5.97 Å². The van der Waals surface area contributed by atoms with E-state index in [1.165, 1.54) is 17.2 Å². The first-order chi connectivity index (χ1) is 12.2. The van der Waals surface area contributed by atoms with Crippen LogP contribution in [-0.4, -0.2) is 16.8 Å². The predicted octanol–water partition coefficient (Wildman–Crippen LogP) is 4.29. The van der Waals surface area contributed by atoms with Gasteiger partial charge in [-0.2, -0.15) is 0 Å². The fourth-order valence-electron chi connectivity index (χ4n) is 3.43. The van der Waals surface area contributed by atoms with Crippen LogP contribution in [0.15, 0.2) is 71.9 Å². The zero-order valence-corrected chi connectivity index (χ0v) is 13.3. The first kappa shape index (κ1) is 15.1. The summed E-state index contributed by atoms with van der Waals surface area (Å²) < 4.78 is 0. The van der Waals surface area contributed by atoms with Crippen molar-refractivity contribution in [1.29, 1.82) is 0 Å². The Bertz CT molecular complexity index is 1020. The van der Waals surface area contributed by atoms with Crippen molar-refractivity contribution in [1.82, 2.24) is 0 Å². The van der Waals surface area contributed by atoms with Crippen LogP contribution in [0.4, 0.5) is 0 Å². The molecule has 1 aliphatic rings. The lowest BCUT2D eigenvalue weighted by Gasteiger charge is -2.13. The summed E-state index contributed by atoms with van der Waals surface area (Å²) in [4.78, 5) is 11.5. The number of carboxylic acid groups (broad SMARTS) is 1. The van der Waals surface area contributed by atoms with Crippen LogP contribution in [0, 0.1) is 5.21 Å². The Hall–Kier alpha value is -3.40. The van der Waals surface area contributed by atoms with E-state index in [-0.39, 0.29) is 11.3 Å². The maximum Gasteiger partial charge on any atom is 0.336 e. The molecule has 4 rings (SSSR count). The minimum atomic E-state index is -1.08. The van der Waals surface area contributed by atoms with Crippen molar-refractivity contribution in [3.63, 3.8) is 0 Å². The molecule has 1 N–H and O–H groups in total. The number of benzene rings is 3. The molecular formula is C21H14NO3-. The van der Waals surface area contributed by atoms with Gasteiger partial charge in [-0.25, -0.2) is 4.79 Å². The second-order valence-electron chi connectivity index (χ2n) is 6.00. The zero-order chi connectivity index (χ0) is 17.4. The molecule has 0 amide bonds. The Kier molecular flexibility index (Phi) is 3.58. The molecule has 0 aliphatic heterocycles. The molecule has 0 spiro atoms. The largest absolute Gasteiger partial charge is 0.791 e. The van der Waals surface area contributed by atoms with Gasteiger partial charge in [-0.05, 0) is 40.8 Å². The van der Waals surface area contributed by atoms with Gasteiger partial charge in [0.05, 0.1) is 11.3 Å². The highest BCUT2D eigenvalue weighted by atomic mass is 16.4. The Morgan fingerprint density at radius 1 is 0.880 bits per heavy atom. The Balaban J connectivity index is 1.81. The van der Waals surface area contributed by atoms with Crippen molar-refractivity contribution >= 4 is 11.7 Å². The minimum Gasteiger partial charge on any atom is -0.791 e. The van der Waals surface area contributed by atoms with Crippen molar-refractivity contribution in [2.45, 2.75) is 6.42 Å². The van der Waals surface area contributed by atoms with Crippen LogP contribution in [-0.2, 0) is 6.42 Å². The Morgan fingerprint density at radius 3 is 2.32 bits per heavy atom. The number of carbonyl (C=O) groups is 1. The average Bonchev–Trinajstić information content (AvgIpc) is 3.00. The van der Waals surface area contributed by atoms with Crippen LogP contribution in [0.5, 0.6) is 0 Å². The van der Waals surface area contributed by atoms with Crippen LogP contribution in [0.25, 0.3) is 11.1 Å². The molecule has 4 heteroatoms. The summed E-state index contributed by atoms with van der Waals surface area (Å²) >= 11 is 0. The van der Waals surface area contributed by atoms with Crippen molar-refractivity contribution in [2.75, 3.05) is 0 Å². The van der Waals surface area contributed by atoms with Gasteiger partial charge in [0.15, 0.2) is 0 Å². The van der Waals surface area contributed by atoms with Gasteiger partial charge in [-0.3, -0.25) is 0 Å². The van der Waals surface area contributed by atoms with Gasteiger partial charge in [0.25, 0.3) is 0 Å². The molecule has 0 unspecified atom stereocenters. The maximum absolute atomic E-state index is 11.5. The van der Waals surface area contributed by atoms with Gasteiger partial charge in [0, 0.05) is 11.1 Å². The monoisotopic (exact) mass is 328 g/mol. The molecule has 3 aromatic rings. The highest BCUT2D eigenvalue weighted by Gasteiger charge is 2.20. The molecule has 1 aliphatic carbocycles. The number of carboxylic acids is 1. The first-order valence-electron chi connectivity index (χ1n) is 7.93. The lowest BCUT2D eigenvalue weighted by atomic mass is 9.95. The molecule has 4 nitrogen and oxygen atoms in total. The third kappa shape index (κ3) is 2.48. The normalized spacial score (nSPS) is 12.6. The van der Waals surface area contributed by atoms with E-state index in [0.717, 1.165) is 17.5 Å². The van der Waals surface area contributed by atoms with Gasteiger partial charge in [-0.1, -0.05) is 54.6 Å². The number of hydrogen-bond donors (Lipinski definition) is 1. The van der Waals surface area contributed by atoms with E-state index in [9.17, 15) is 15.1 Å². The third-order valence-electron chi connectivity index (χ3n) is 4.57. The van der Waals surface area contributed by atoms with Crippen LogP contribution in [0.2, 0.25) is 0 Å². The van der Waals surface area contributed by atoms with E-state index in [1.807, 2.05) is 30.3 Å². The summed E-state index contributed by atoms with van der Waals surface area (Å²) in [5.41, 5.74) is 5.91. The minimum absolute atomic E-state index is 0.0703. The summed E-state index contributed by atoms with van der Waals surface area (Å²) in [6.45, 7) is 0. The molecule has 0 bridgehead atoms. The maximum atomic E-state index is 11.5. The fraction of sp³-hybridized carbons (Fsp3) is 0.0476. The number of aromatic carboxylic acids is 1. The summed E-state index contributed by atoms with van der Waals surface area (Å²) in [7, 11) is 0.